The average Bonchev–Trinajstić information content (AvgIpc) is 2.55. The monoisotopic (exact) mass is 304 g/mol. The van der Waals surface area contributed by atoms with Crippen LogP contribution < -0.4 is 10.2 Å². The summed E-state index contributed by atoms with van der Waals surface area (Å²) in [4.78, 5) is 2.14. The number of nitrogens with one attached hydrogen (secondary N) is 1. The molecule has 1 aliphatic heterocycles. The summed E-state index contributed by atoms with van der Waals surface area (Å²) in [6.45, 7) is 1.87. The van der Waals surface area contributed by atoms with Crippen molar-refractivity contribution >= 4 is 5.82 Å². The molecular formula is C16H18F2N4. The highest BCUT2D eigenvalue weighted by molar-refractivity contribution is 5.37. The van der Waals surface area contributed by atoms with E-state index in [2.05, 4.69) is 20.4 Å². The van der Waals surface area contributed by atoms with Crippen molar-refractivity contribution in [2.75, 3.05) is 18.0 Å². The highest BCUT2D eigenvalue weighted by Gasteiger charge is 2.21. The van der Waals surface area contributed by atoms with Crippen molar-refractivity contribution in [2.24, 2.45) is 0 Å². The van der Waals surface area contributed by atoms with Crippen LogP contribution in [0.2, 0.25) is 0 Å². The van der Waals surface area contributed by atoms with Crippen molar-refractivity contribution in [3.63, 3.8) is 0 Å². The molecule has 0 aliphatic carbocycles. The molecule has 3 rings (SSSR count). The zero-order valence-corrected chi connectivity index (χ0v) is 12.2. The van der Waals surface area contributed by atoms with E-state index in [0.717, 1.165) is 31.7 Å². The Hall–Kier alpha value is -2.08. The van der Waals surface area contributed by atoms with Gasteiger partial charge in [0.25, 0.3) is 0 Å². The summed E-state index contributed by atoms with van der Waals surface area (Å²) in [5.41, 5.74) is 0.0964. The number of aromatic nitrogens is 2. The Bertz CT molecular complexity index is 601. The minimum atomic E-state index is -0.505. The maximum atomic E-state index is 13.6. The number of anilines is 1. The zero-order valence-electron chi connectivity index (χ0n) is 12.2. The van der Waals surface area contributed by atoms with Gasteiger partial charge in [-0.1, -0.05) is 6.07 Å². The van der Waals surface area contributed by atoms with Gasteiger partial charge in [0, 0.05) is 37.4 Å². The maximum Gasteiger partial charge on any atom is 0.151 e. The molecule has 1 N–H and O–H groups in total. The lowest BCUT2D eigenvalue weighted by atomic mass is 10.0. The molecule has 0 amide bonds. The fourth-order valence-corrected chi connectivity index (χ4v) is 2.76. The summed E-state index contributed by atoms with van der Waals surface area (Å²) in [7, 11) is 0. The second-order valence-corrected chi connectivity index (χ2v) is 5.45. The van der Waals surface area contributed by atoms with Crippen molar-refractivity contribution in [2.45, 2.75) is 25.4 Å². The Labute approximate surface area is 128 Å². The molecule has 0 radical (unpaired) electrons. The van der Waals surface area contributed by atoms with E-state index in [-0.39, 0.29) is 18.2 Å². The Morgan fingerprint density at radius 1 is 1.18 bits per heavy atom. The third kappa shape index (κ3) is 3.39. The molecular weight excluding hydrogens is 286 g/mol. The van der Waals surface area contributed by atoms with E-state index in [4.69, 9.17) is 0 Å². The number of halogens is 2. The van der Waals surface area contributed by atoms with Gasteiger partial charge in [-0.15, -0.1) is 5.10 Å². The molecule has 116 valence electrons. The van der Waals surface area contributed by atoms with Crippen molar-refractivity contribution in [1.29, 1.82) is 0 Å². The molecule has 1 unspecified atom stereocenters. The SMILES string of the molecule is Fc1cccc(F)c1CNC1CCCN(c2cccnn2)C1. The largest absolute Gasteiger partial charge is 0.354 e. The van der Waals surface area contributed by atoms with E-state index >= 15 is 0 Å². The number of hydrogen-bond donors (Lipinski definition) is 1. The van der Waals surface area contributed by atoms with Gasteiger partial charge in [-0.2, -0.15) is 5.10 Å². The fourth-order valence-electron chi connectivity index (χ4n) is 2.76. The van der Waals surface area contributed by atoms with Gasteiger partial charge >= 0.3 is 0 Å². The van der Waals surface area contributed by atoms with Crippen LogP contribution in [0.5, 0.6) is 0 Å². The van der Waals surface area contributed by atoms with Gasteiger partial charge in [0.1, 0.15) is 11.6 Å². The van der Waals surface area contributed by atoms with Gasteiger partial charge in [-0.05, 0) is 37.1 Å². The maximum absolute atomic E-state index is 13.6. The molecule has 2 heterocycles. The van der Waals surface area contributed by atoms with Gasteiger partial charge < -0.3 is 10.2 Å². The normalized spacial score (nSPS) is 18.5. The third-order valence-corrected chi connectivity index (χ3v) is 3.93. The predicted octanol–water partition coefficient (Wildman–Crippen LogP) is 2.51. The quantitative estimate of drug-likeness (QED) is 0.942. The molecule has 0 bridgehead atoms. The number of piperidine rings is 1. The minimum Gasteiger partial charge on any atom is -0.354 e. The van der Waals surface area contributed by atoms with Crippen molar-refractivity contribution in [3.8, 4) is 0 Å². The van der Waals surface area contributed by atoms with Crippen LogP contribution in [0.25, 0.3) is 0 Å². The molecule has 22 heavy (non-hydrogen) atoms. The van der Waals surface area contributed by atoms with Gasteiger partial charge in [0.2, 0.25) is 0 Å². The Morgan fingerprint density at radius 2 is 2.00 bits per heavy atom. The molecule has 4 nitrogen and oxygen atoms in total. The second kappa shape index (κ2) is 6.79. The predicted molar refractivity (Wildman–Crippen MR) is 80.5 cm³/mol. The molecule has 0 spiro atoms. The Kier molecular flexibility index (Phi) is 4.58. The number of nitrogens with zero attached hydrogens (tertiary/aromatic N) is 3. The second-order valence-electron chi connectivity index (χ2n) is 5.45. The van der Waals surface area contributed by atoms with Crippen molar-refractivity contribution in [3.05, 3.63) is 53.7 Å². The van der Waals surface area contributed by atoms with Crippen molar-refractivity contribution < 1.29 is 8.78 Å². The summed E-state index contributed by atoms with van der Waals surface area (Å²) in [6, 6.07) is 7.90. The molecule has 1 aromatic heterocycles. The van der Waals surface area contributed by atoms with Crippen LogP contribution in [0, 0.1) is 11.6 Å². The smallest absolute Gasteiger partial charge is 0.151 e. The molecule has 0 saturated carbocycles. The number of hydrogen-bond acceptors (Lipinski definition) is 4. The summed E-state index contributed by atoms with van der Waals surface area (Å²) in [5, 5.41) is 11.3. The van der Waals surface area contributed by atoms with E-state index < -0.39 is 11.6 Å². The van der Waals surface area contributed by atoms with Crippen LogP contribution in [0.4, 0.5) is 14.6 Å². The first-order valence-electron chi connectivity index (χ1n) is 7.43. The topological polar surface area (TPSA) is 41.0 Å². The van der Waals surface area contributed by atoms with E-state index in [1.54, 1.807) is 6.20 Å². The third-order valence-electron chi connectivity index (χ3n) is 3.93. The van der Waals surface area contributed by atoms with Gasteiger partial charge in [0.05, 0.1) is 0 Å². The summed E-state index contributed by atoms with van der Waals surface area (Å²) >= 11 is 0. The highest BCUT2D eigenvalue weighted by atomic mass is 19.1. The van der Waals surface area contributed by atoms with Crippen LogP contribution in [0.15, 0.2) is 36.5 Å². The molecule has 1 fully saturated rings. The first-order chi connectivity index (χ1) is 10.7. The summed E-state index contributed by atoms with van der Waals surface area (Å²) < 4.78 is 27.3. The van der Waals surface area contributed by atoms with E-state index in [0.29, 0.717) is 0 Å². The molecule has 2 aromatic rings. The minimum absolute atomic E-state index is 0.0964. The van der Waals surface area contributed by atoms with E-state index in [9.17, 15) is 8.78 Å². The highest BCUT2D eigenvalue weighted by Crippen LogP contribution is 2.18. The molecule has 1 atom stereocenters. The number of benzene rings is 1. The van der Waals surface area contributed by atoms with Crippen LogP contribution in [0.1, 0.15) is 18.4 Å². The lowest BCUT2D eigenvalue weighted by molar-refractivity contribution is 0.410. The summed E-state index contributed by atoms with van der Waals surface area (Å²) in [5.74, 6) is -0.172. The Morgan fingerprint density at radius 3 is 2.73 bits per heavy atom. The average molecular weight is 304 g/mol. The first-order valence-corrected chi connectivity index (χ1v) is 7.43. The van der Waals surface area contributed by atoms with Crippen LogP contribution in [-0.4, -0.2) is 29.3 Å². The van der Waals surface area contributed by atoms with Gasteiger partial charge in [-0.25, -0.2) is 8.78 Å². The zero-order chi connectivity index (χ0) is 15.4. The standard InChI is InChI=1S/C16H18F2N4/c17-14-5-1-6-15(18)13(14)10-19-12-4-3-9-22(11-12)16-7-2-8-20-21-16/h1-2,5-8,12,19H,3-4,9-11H2. The van der Waals surface area contributed by atoms with Crippen LogP contribution in [-0.2, 0) is 6.54 Å². The first kappa shape index (κ1) is 14.8. The van der Waals surface area contributed by atoms with Gasteiger partial charge in [0.15, 0.2) is 5.82 Å². The molecule has 1 aliphatic rings. The molecule has 1 saturated heterocycles. The van der Waals surface area contributed by atoms with E-state index in [1.807, 2.05) is 12.1 Å². The lowest BCUT2D eigenvalue weighted by Gasteiger charge is -2.33. The molecule has 6 heteroatoms. The number of rotatable bonds is 4. The van der Waals surface area contributed by atoms with Crippen molar-refractivity contribution in [1.82, 2.24) is 15.5 Å². The Balaban J connectivity index is 1.61. The van der Waals surface area contributed by atoms with Crippen LogP contribution >= 0.6 is 0 Å². The fraction of sp³-hybridized carbons (Fsp3) is 0.375. The van der Waals surface area contributed by atoms with Crippen LogP contribution in [0.3, 0.4) is 0 Å². The lowest BCUT2D eigenvalue weighted by Crippen LogP contribution is -2.46. The van der Waals surface area contributed by atoms with Gasteiger partial charge in [-0.3, -0.25) is 0 Å². The molecule has 1 aromatic carbocycles. The summed E-state index contributed by atoms with van der Waals surface area (Å²) in [6.07, 6.45) is 3.63. The van der Waals surface area contributed by atoms with E-state index in [1.165, 1.54) is 18.2 Å².